The summed E-state index contributed by atoms with van der Waals surface area (Å²) >= 11 is 0. The van der Waals surface area contributed by atoms with Crippen LogP contribution in [0.25, 0.3) is 0 Å². The van der Waals surface area contributed by atoms with Crippen molar-refractivity contribution in [2.24, 2.45) is 16.2 Å². The molecule has 0 spiro atoms. The molecule has 0 N–H and O–H groups in total. The fourth-order valence-electron chi connectivity index (χ4n) is 5.32. The van der Waals surface area contributed by atoms with Gasteiger partial charge in [-0.1, -0.05) is 67.5 Å². The number of ether oxygens (including phenoxy) is 2. The Morgan fingerprint density at radius 3 is 2.08 bits per heavy atom. The third-order valence-electron chi connectivity index (χ3n) is 5.89. The molecule has 3 atom stereocenters. The lowest BCUT2D eigenvalue weighted by atomic mass is 9.54. The molecule has 25 heavy (non-hydrogen) atoms. The summed E-state index contributed by atoms with van der Waals surface area (Å²) in [5.74, 6) is -0.160. The van der Waals surface area contributed by atoms with E-state index in [1.165, 1.54) is 0 Å². The molecular formula is C21H32O4. The summed E-state index contributed by atoms with van der Waals surface area (Å²) in [4.78, 5) is 11.9. The maximum absolute atomic E-state index is 6.74. The van der Waals surface area contributed by atoms with E-state index in [0.717, 1.165) is 11.3 Å². The molecule has 0 saturated carbocycles. The van der Waals surface area contributed by atoms with Crippen LogP contribution in [0.4, 0.5) is 0 Å². The van der Waals surface area contributed by atoms with Gasteiger partial charge in [0.1, 0.15) is 5.75 Å². The van der Waals surface area contributed by atoms with Gasteiger partial charge in [0.05, 0.1) is 13.2 Å². The van der Waals surface area contributed by atoms with Crippen LogP contribution in [-0.4, -0.2) is 18.8 Å². The zero-order valence-corrected chi connectivity index (χ0v) is 17.0. The van der Waals surface area contributed by atoms with Crippen molar-refractivity contribution >= 4 is 0 Å². The number of fused-ring (bicyclic) bond motifs is 1. The van der Waals surface area contributed by atoms with Crippen molar-refractivity contribution in [1.29, 1.82) is 0 Å². The van der Waals surface area contributed by atoms with Crippen LogP contribution < -0.4 is 4.74 Å². The molecule has 2 heterocycles. The molecule has 2 aliphatic rings. The molecule has 1 aromatic carbocycles. The van der Waals surface area contributed by atoms with E-state index in [0.29, 0.717) is 0 Å². The highest BCUT2D eigenvalue weighted by molar-refractivity contribution is 5.38. The molecule has 4 heteroatoms. The zero-order chi connectivity index (χ0) is 18.9. The van der Waals surface area contributed by atoms with E-state index in [2.05, 4.69) is 55.4 Å². The van der Waals surface area contributed by atoms with E-state index in [1.54, 1.807) is 7.11 Å². The van der Waals surface area contributed by atoms with Gasteiger partial charge in [0, 0.05) is 16.4 Å². The maximum atomic E-state index is 6.74. The minimum atomic E-state index is -0.943. The molecule has 0 radical (unpaired) electrons. The Hall–Kier alpha value is -1.10. The summed E-state index contributed by atoms with van der Waals surface area (Å²) < 4.78 is 12.2. The summed E-state index contributed by atoms with van der Waals surface area (Å²) in [6, 6.07) is 7.93. The van der Waals surface area contributed by atoms with E-state index >= 15 is 0 Å². The minimum absolute atomic E-state index is 0.0343. The molecular weight excluding hydrogens is 316 g/mol. The first-order chi connectivity index (χ1) is 11.3. The topological polar surface area (TPSA) is 36.9 Å². The number of methoxy groups -OCH3 is 1. The van der Waals surface area contributed by atoms with Crippen molar-refractivity contribution in [2.75, 3.05) is 7.11 Å². The molecule has 2 aliphatic heterocycles. The molecule has 0 amide bonds. The van der Waals surface area contributed by atoms with Gasteiger partial charge in [0.25, 0.3) is 5.79 Å². The molecule has 0 bridgehead atoms. The minimum Gasteiger partial charge on any atom is -0.497 e. The average molecular weight is 348 g/mol. The van der Waals surface area contributed by atoms with Crippen LogP contribution in [0.15, 0.2) is 24.3 Å². The van der Waals surface area contributed by atoms with Crippen molar-refractivity contribution in [3.05, 3.63) is 29.8 Å². The Balaban J connectivity index is 2.24. The van der Waals surface area contributed by atoms with Crippen molar-refractivity contribution < 1.29 is 19.2 Å². The summed E-state index contributed by atoms with van der Waals surface area (Å²) in [6.07, 6.45) is -0.0343. The normalized spacial score (nSPS) is 34.4. The van der Waals surface area contributed by atoms with Crippen LogP contribution in [0.3, 0.4) is 0 Å². The van der Waals surface area contributed by atoms with Crippen LogP contribution in [0.5, 0.6) is 5.75 Å². The van der Waals surface area contributed by atoms with Crippen molar-refractivity contribution in [3.63, 3.8) is 0 Å². The van der Waals surface area contributed by atoms with Crippen molar-refractivity contribution in [3.8, 4) is 5.75 Å². The van der Waals surface area contributed by atoms with E-state index in [4.69, 9.17) is 19.2 Å². The van der Waals surface area contributed by atoms with Gasteiger partial charge in [-0.05, 0) is 17.5 Å². The lowest BCUT2D eigenvalue weighted by Crippen LogP contribution is -2.73. The molecule has 3 unspecified atom stereocenters. The lowest BCUT2D eigenvalue weighted by molar-refractivity contribution is -0.627. The molecule has 2 saturated heterocycles. The second-order valence-corrected chi connectivity index (χ2v) is 10.0. The number of hydrogen-bond donors (Lipinski definition) is 0. The van der Waals surface area contributed by atoms with Crippen molar-refractivity contribution in [2.45, 2.75) is 72.9 Å². The highest BCUT2D eigenvalue weighted by Gasteiger charge is 2.84. The Kier molecular flexibility index (Phi) is 3.90. The summed E-state index contributed by atoms with van der Waals surface area (Å²) in [5.41, 5.74) is -0.190. The second kappa shape index (κ2) is 5.21. The first kappa shape index (κ1) is 18.7. The zero-order valence-electron chi connectivity index (χ0n) is 17.0. The van der Waals surface area contributed by atoms with Gasteiger partial charge in [-0.2, -0.15) is 4.89 Å². The fraction of sp³-hybridized carbons (Fsp3) is 0.714. The van der Waals surface area contributed by atoms with Crippen LogP contribution >= 0.6 is 0 Å². The van der Waals surface area contributed by atoms with Gasteiger partial charge in [-0.15, -0.1) is 0 Å². The second-order valence-electron chi connectivity index (χ2n) is 10.0. The number of hydrogen-bond acceptors (Lipinski definition) is 4. The predicted molar refractivity (Wildman–Crippen MR) is 97.1 cm³/mol. The van der Waals surface area contributed by atoms with Gasteiger partial charge >= 0.3 is 0 Å². The van der Waals surface area contributed by atoms with Gasteiger partial charge in [0.2, 0.25) is 0 Å². The molecule has 1 aromatic rings. The SMILES string of the molecule is COc1cccc(C23OOC2(C(C)(C)C)C(C)(C)C(C(C)(C)C)O3)c1. The molecule has 4 nitrogen and oxygen atoms in total. The van der Waals surface area contributed by atoms with Gasteiger partial charge in [-0.25, -0.2) is 4.89 Å². The van der Waals surface area contributed by atoms with E-state index in [1.807, 2.05) is 24.3 Å². The summed E-state index contributed by atoms with van der Waals surface area (Å²) in [5, 5.41) is 0. The van der Waals surface area contributed by atoms with Crippen LogP contribution in [0.2, 0.25) is 0 Å². The first-order valence-electron chi connectivity index (χ1n) is 9.03. The highest BCUT2D eigenvalue weighted by atomic mass is 17.3. The first-order valence-corrected chi connectivity index (χ1v) is 9.03. The van der Waals surface area contributed by atoms with Crippen LogP contribution in [0.1, 0.15) is 61.0 Å². The maximum Gasteiger partial charge on any atom is 0.261 e. The highest BCUT2D eigenvalue weighted by Crippen LogP contribution is 2.72. The Bertz CT molecular complexity index is 667. The van der Waals surface area contributed by atoms with Crippen LogP contribution in [-0.2, 0) is 20.3 Å². The molecule has 3 rings (SSSR count). The summed E-state index contributed by atoms with van der Waals surface area (Å²) in [6.45, 7) is 17.7. The standard InChI is InChI=1S/C21H32O4/c1-17(2,3)16-19(7,8)21(18(4,5)6)20(23-16,24-25-21)14-11-10-12-15(13-14)22-9/h10-13,16H,1-9H3. The van der Waals surface area contributed by atoms with E-state index < -0.39 is 11.4 Å². The molecule has 0 aliphatic carbocycles. The Labute approximate surface area is 151 Å². The van der Waals surface area contributed by atoms with E-state index in [9.17, 15) is 0 Å². The molecule has 140 valence electrons. The third-order valence-corrected chi connectivity index (χ3v) is 5.89. The van der Waals surface area contributed by atoms with Crippen LogP contribution in [0, 0.1) is 16.2 Å². The van der Waals surface area contributed by atoms with Gasteiger partial charge in [-0.3, -0.25) is 0 Å². The monoisotopic (exact) mass is 348 g/mol. The largest absolute Gasteiger partial charge is 0.497 e. The fourth-order valence-corrected chi connectivity index (χ4v) is 5.32. The molecule has 2 fully saturated rings. The predicted octanol–water partition coefficient (Wildman–Crippen LogP) is 5.07. The quantitative estimate of drug-likeness (QED) is 0.700. The Morgan fingerprint density at radius 2 is 1.64 bits per heavy atom. The van der Waals surface area contributed by atoms with Crippen molar-refractivity contribution in [1.82, 2.24) is 0 Å². The Morgan fingerprint density at radius 1 is 1.00 bits per heavy atom. The van der Waals surface area contributed by atoms with Gasteiger partial charge < -0.3 is 9.47 Å². The lowest BCUT2D eigenvalue weighted by Gasteiger charge is -2.61. The van der Waals surface area contributed by atoms with E-state index in [-0.39, 0.29) is 22.3 Å². The van der Waals surface area contributed by atoms with Gasteiger partial charge in [0.15, 0.2) is 5.60 Å². The molecule has 0 aromatic heterocycles. The average Bonchev–Trinajstić information content (AvgIpc) is 2.58. The summed E-state index contributed by atoms with van der Waals surface area (Å²) in [7, 11) is 1.67. The number of benzene rings is 1. The number of rotatable bonds is 2. The smallest absolute Gasteiger partial charge is 0.261 e. The third kappa shape index (κ3) is 2.17.